The highest BCUT2D eigenvalue weighted by Crippen LogP contribution is 2.06. The second kappa shape index (κ2) is 7.22. The van der Waals surface area contributed by atoms with Crippen LogP contribution in [0.15, 0.2) is 0 Å². The van der Waals surface area contributed by atoms with Crippen LogP contribution in [0.25, 0.3) is 0 Å². The number of amides is 1. The number of hydrogen-bond acceptors (Lipinski definition) is 4. The van der Waals surface area contributed by atoms with E-state index in [1.54, 1.807) is 19.0 Å². The van der Waals surface area contributed by atoms with Gasteiger partial charge in [-0.1, -0.05) is 13.8 Å². The molecule has 94 valence electrons. The normalized spacial score (nSPS) is 12.7. The lowest BCUT2D eigenvalue weighted by Gasteiger charge is -2.19. The number of ether oxygens (including phenoxy) is 1. The lowest BCUT2D eigenvalue weighted by atomic mass is 10.0. The van der Waals surface area contributed by atoms with Crippen molar-refractivity contribution in [1.29, 1.82) is 0 Å². The maximum Gasteiger partial charge on any atom is 0.328 e. The third-order valence-electron chi connectivity index (χ3n) is 1.99. The Morgan fingerprint density at radius 3 is 2.25 bits per heavy atom. The third-order valence-corrected chi connectivity index (χ3v) is 1.99. The first kappa shape index (κ1) is 14.9. The summed E-state index contributed by atoms with van der Waals surface area (Å²) in [5.41, 5.74) is 0. The van der Waals surface area contributed by atoms with Gasteiger partial charge < -0.3 is 15.0 Å². The highest BCUT2D eigenvalue weighted by atomic mass is 16.5. The average Bonchev–Trinajstić information content (AvgIpc) is 2.13. The fourth-order valence-corrected chi connectivity index (χ4v) is 1.35. The fourth-order valence-electron chi connectivity index (χ4n) is 1.35. The van der Waals surface area contributed by atoms with Crippen LogP contribution < -0.4 is 5.32 Å². The number of likely N-dealkylation sites (N-methyl/N-ethyl adjacent to an activating group) is 1. The summed E-state index contributed by atoms with van der Waals surface area (Å²) in [6, 6.07) is -0.544. The molecule has 0 spiro atoms. The number of carbonyl (C=O) groups is 2. The minimum absolute atomic E-state index is 0.166. The molecule has 0 saturated heterocycles. The van der Waals surface area contributed by atoms with E-state index >= 15 is 0 Å². The molecule has 0 rings (SSSR count). The van der Waals surface area contributed by atoms with Gasteiger partial charge in [-0.05, 0) is 26.4 Å². The number of nitrogens with zero attached hydrogens (tertiary/aromatic N) is 1. The molecule has 0 radical (unpaired) electrons. The molecule has 16 heavy (non-hydrogen) atoms. The molecular weight excluding hydrogens is 208 g/mol. The molecule has 0 aromatic carbocycles. The zero-order valence-corrected chi connectivity index (χ0v) is 10.7. The van der Waals surface area contributed by atoms with E-state index in [-0.39, 0.29) is 18.4 Å². The lowest BCUT2D eigenvalue weighted by molar-refractivity contribution is -0.145. The summed E-state index contributed by atoms with van der Waals surface area (Å²) in [4.78, 5) is 24.7. The van der Waals surface area contributed by atoms with E-state index < -0.39 is 6.04 Å². The van der Waals surface area contributed by atoms with E-state index in [9.17, 15) is 9.59 Å². The molecule has 0 aliphatic heterocycles. The summed E-state index contributed by atoms with van der Waals surface area (Å²) < 4.78 is 4.65. The largest absolute Gasteiger partial charge is 0.467 e. The molecule has 0 heterocycles. The maximum absolute atomic E-state index is 11.5. The third kappa shape index (κ3) is 6.40. The van der Waals surface area contributed by atoms with E-state index in [1.165, 1.54) is 7.11 Å². The van der Waals surface area contributed by atoms with Crippen LogP contribution in [-0.2, 0) is 14.3 Å². The summed E-state index contributed by atoms with van der Waals surface area (Å²) in [6.07, 6.45) is 0.589. The van der Waals surface area contributed by atoms with Gasteiger partial charge in [0.25, 0.3) is 0 Å². The van der Waals surface area contributed by atoms with Gasteiger partial charge in [0.05, 0.1) is 13.7 Å². The first-order valence-corrected chi connectivity index (χ1v) is 5.38. The SMILES string of the molecule is COC(=O)C(CC(C)C)NC(=O)CN(C)C. The first-order chi connectivity index (χ1) is 7.36. The standard InChI is InChI=1S/C11H22N2O3/c1-8(2)6-9(11(15)16-5)12-10(14)7-13(3)4/h8-9H,6-7H2,1-5H3,(H,12,14). The van der Waals surface area contributed by atoms with Gasteiger partial charge in [-0.25, -0.2) is 4.79 Å². The monoisotopic (exact) mass is 230 g/mol. The van der Waals surface area contributed by atoms with Crippen LogP contribution in [-0.4, -0.2) is 50.6 Å². The Labute approximate surface area is 97.1 Å². The Morgan fingerprint density at radius 1 is 1.31 bits per heavy atom. The van der Waals surface area contributed by atoms with Crippen molar-refractivity contribution in [3.63, 3.8) is 0 Å². The average molecular weight is 230 g/mol. The Bertz CT molecular complexity index is 239. The zero-order chi connectivity index (χ0) is 12.7. The second-order valence-electron chi connectivity index (χ2n) is 4.51. The van der Waals surface area contributed by atoms with E-state index in [1.807, 2.05) is 13.8 Å². The smallest absolute Gasteiger partial charge is 0.328 e. The van der Waals surface area contributed by atoms with Crippen LogP contribution in [0.5, 0.6) is 0 Å². The number of carbonyl (C=O) groups excluding carboxylic acids is 2. The van der Waals surface area contributed by atoms with Crippen LogP contribution in [0, 0.1) is 5.92 Å². The van der Waals surface area contributed by atoms with Crippen LogP contribution >= 0.6 is 0 Å². The minimum Gasteiger partial charge on any atom is -0.467 e. The topological polar surface area (TPSA) is 58.6 Å². The molecule has 1 N–H and O–H groups in total. The van der Waals surface area contributed by atoms with E-state index in [2.05, 4.69) is 10.1 Å². The van der Waals surface area contributed by atoms with Gasteiger partial charge in [0.2, 0.25) is 5.91 Å². The molecule has 0 aromatic rings. The van der Waals surface area contributed by atoms with E-state index in [0.29, 0.717) is 12.3 Å². The molecule has 0 aliphatic carbocycles. The molecule has 0 saturated carbocycles. The van der Waals surface area contributed by atoms with Crippen molar-refractivity contribution in [2.75, 3.05) is 27.7 Å². The molecule has 1 atom stereocenters. The highest BCUT2D eigenvalue weighted by molar-refractivity contribution is 5.85. The molecule has 1 unspecified atom stereocenters. The van der Waals surface area contributed by atoms with Crippen molar-refractivity contribution < 1.29 is 14.3 Å². The lowest BCUT2D eigenvalue weighted by Crippen LogP contribution is -2.45. The fraction of sp³-hybridized carbons (Fsp3) is 0.818. The molecule has 5 nitrogen and oxygen atoms in total. The van der Waals surface area contributed by atoms with Crippen LogP contribution in [0.1, 0.15) is 20.3 Å². The van der Waals surface area contributed by atoms with Gasteiger partial charge in [-0.2, -0.15) is 0 Å². The van der Waals surface area contributed by atoms with Gasteiger partial charge in [0.15, 0.2) is 0 Å². The van der Waals surface area contributed by atoms with E-state index in [4.69, 9.17) is 0 Å². The minimum atomic E-state index is -0.544. The summed E-state index contributed by atoms with van der Waals surface area (Å²) in [7, 11) is 4.93. The number of esters is 1. The van der Waals surface area contributed by atoms with Gasteiger partial charge in [0.1, 0.15) is 6.04 Å². The number of methoxy groups -OCH3 is 1. The van der Waals surface area contributed by atoms with Crippen molar-refractivity contribution >= 4 is 11.9 Å². The van der Waals surface area contributed by atoms with Crippen LogP contribution in [0.2, 0.25) is 0 Å². The number of nitrogens with one attached hydrogen (secondary N) is 1. The van der Waals surface area contributed by atoms with Gasteiger partial charge in [-0.3, -0.25) is 4.79 Å². The Morgan fingerprint density at radius 2 is 1.88 bits per heavy atom. The van der Waals surface area contributed by atoms with Crippen molar-refractivity contribution in [3.05, 3.63) is 0 Å². The molecule has 5 heteroatoms. The van der Waals surface area contributed by atoms with Crippen molar-refractivity contribution in [3.8, 4) is 0 Å². The number of rotatable bonds is 6. The Kier molecular flexibility index (Phi) is 6.72. The molecule has 0 aliphatic rings. The predicted octanol–water partition coefficient (Wildman–Crippen LogP) is 0.252. The van der Waals surface area contributed by atoms with Crippen molar-refractivity contribution in [2.24, 2.45) is 5.92 Å². The maximum atomic E-state index is 11.5. The molecule has 0 bridgehead atoms. The van der Waals surface area contributed by atoms with Crippen molar-refractivity contribution in [2.45, 2.75) is 26.3 Å². The predicted molar refractivity (Wildman–Crippen MR) is 62.0 cm³/mol. The highest BCUT2D eigenvalue weighted by Gasteiger charge is 2.22. The molecule has 0 fully saturated rings. The van der Waals surface area contributed by atoms with Crippen LogP contribution in [0.4, 0.5) is 0 Å². The number of hydrogen-bond donors (Lipinski definition) is 1. The Hall–Kier alpha value is -1.10. The quantitative estimate of drug-likeness (QED) is 0.665. The summed E-state index contributed by atoms with van der Waals surface area (Å²) in [5.74, 6) is -0.231. The van der Waals surface area contributed by atoms with E-state index in [0.717, 1.165) is 0 Å². The van der Waals surface area contributed by atoms with Crippen molar-refractivity contribution in [1.82, 2.24) is 10.2 Å². The van der Waals surface area contributed by atoms with Gasteiger partial charge >= 0.3 is 5.97 Å². The van der Waals surface area contributed by atoms with Crippen LogP contribution in [0.3, 0.4) is 0 Å². The summed E-state index contributed by atoms with van der Waals surface area (Å²) in [6.45, 7) is 4.26. The molecule has 0 aromatic heterocycles. The van der Waals surface area contributed by atoms with Gasteiger partial charge in [0, 0.05) is 0 Å². The molecular formula is C11H22N2O3. The van der Waals surface area contributed by atoms with Gasteiger partial charge in [-0.15, -0.1) is 0 Å². The second-order valence-corrected chi connectivity index (χ2v) is 4.51. The summed E-state index contributed by atoms with van der Waals surface area (Å²) in [5, 5.41) is 2.68. The zero-order valence-electron chi connectivity index (χ0n) is 10.7. The summed E-state index contributed by atoms with van der Waals surface area (Å²) >= 11 is 0. The molecule has 1 amide bonds. The Balaban J connectivity index is 4.31. The first-order valence-electron chi connectivity index (χ1n) is 5.38.